The fourth-order valence-corrected chi connectivity index (χ4v) is 1.17. The van der Waals surface area contributed by atoms with E-state index in [1.54, 1.807) is 12.4 Å². The Balaban J connectivity index is 2.59. The van der Waals surface area contributed by atoms with Crippen molar-refractivity contribution in [1.29, 1.82) is 0 Å². The molecule has 0 saturated heterocycles. The van der Waals surface area contributed by atoms with Crippen LogP contribution in [-0.4, -0.2) is 33.6 Å². The number of aryl methyl sites for hydroxylation is 1. The van der Waals surface area contributed by atoms with Crippen LogP contribution in [0.1, 0.15) is 11.4 Å². The normalized spacial score (nSPS) is 11.9. The van der Waals surface area contributed by atoms with Gasteiger partial charge in [-0.25, -0.2) is 9.97 Å². The first kappa shape index (κ1) is 12.3. The highest BCUT2D eigenvalue weighted by atomic mass is 16.3. The van der Waals surface area contributed by atoms with Crippen LogP contribution in [0.15, 0.2) is 25.0 Å². The molecule has 5 nitrogen and oxygen atoms in total. The monoisotopic (exact) mass is 221 g/mol. The van der Waals surface area contributed by atoms with Gasteiger partial charge in [-0.05, 0) is 18.6 Å². The third kappa shape index (κ3) is 3.78. The lowest BCUT2D eigenvalue weighted by atomic mass is 10.2. The predicted molar refractivity (Wildman–Crippen MR) is 59.7 cm³/mol. The molecule has 0 aromatic carbocycles. The van der Waals surface area contributed by atoms with Gasteiger partial charge in [0.1, 0.15) is 5.82 Å². The van der Waals surface area contributed by atoms with Crippen molar-refractivity contribution in [1.82, 2.24) is 15.3 Å². The highest BCUT2D eigenvalue weighted by Crippen LogP contribution is 1.98. The summed E-state index contributed by atoms with van der Waals surface area (Å²) >= 11 is 0. The van der Waals surface area contributed by atoms with Gasteiger partial charge in [0.15, 0.2) is 0 Å². The van der Waals surface area contributed by atoms with Crippen LogP contribution < -0.4 is 5.32 Å². The zero-order chi connectivity index (χ0) is 12.0. The summed E-state index contributed by atoms with van der Waals surface area (Å²) in [6, 6.07) is -0.381. The van der Waals surface area contributed by atoms with Gasteiger partial charge in [0.05, 0.1) is 12.6 Å². The van der Waals surface area contributed by atoms with Crippen molar-refractivity contribution in [3.63, 3.8) is 0 Å². The van der Waals surface area contributed by atoms with Crippen LogP contribution in [0, 0.1) is 6.92 Å². The van der Waals surface area contributed by atoms with Crippen LogP contribution in [0.25, 0.3) is 0 Å². The molecule has 0 aliphatic carbocycles. The molecule has 2 N–H and O–H groups in total. The second-order valence-electron chi connectivity index (χ2n) is 3.47. The van der Waals surface area contributed by atoms with E-state index in [4.69, 9.17) is 5.11 Å². The van der Waals surface area contributed by atoms with Gasteiger partial charge in [0.2, 0.25) is 5.91 Å². The molecule has 1 unspecified atom stereocenters. The molecule has 1 heterocycles. The standard InChI is InChI=1S/C11H15N3O2/c1-3-11(16)14-9(7-15)4-10-12-5-8(2)6-13-10/h3,5-6,9,15H,1,4,7H2,2H3,(H,14,16). The quantitative estimate of drug-likeness (QED) is 0.686. The molecule has 5 heteroatoms. The third-order valence-corrected chi connectivity index (χ3v) is 2.02. The number of hydrogen-bond acceptors (Lipinski definition) is 4. The maximum absolute atomic E-state index is 11.0. The summed E-state index contributed by atoms with van der Waals surface area (Å²) < 4.78 is 0. The van der Waals surface area contributed by atoms with E-state index in [1.807, 2.05) is 6.92 Å². The molecule has 0 bridgehead atoms. The fraction of sp³-hybridized carbons (Fsp3) is 0.364. The summed E-state index contributed by atoms with van der Waals surface area (Å²) in [5, 5.41) is 11.7. The van der Waals surface area contributed by atoms with Crippen molar-refractivity contribution in [3.05, 3.63) is 36.4 Å². The van der Waals surface area contributed by atoms with Gasteiger partial charge in [-0.2, -0.15) is 0 Å². The van der Waals surface area contributed by atoms with E-state index in [-0.39, 0.29) is 18.6 Å². The van der Waals surface area contributed by atoms with Gasteiger partial charge in [0.25, 0.3) is 0 Å². The molecule has 0 spiro atoms. The Hall–Kier alpha value is -1.75. The minimum atomic E-state index is -0.381. The molecule has 0 aliphatic heterocycles. The molecule has 1 aromatic rings. The summed E-state index contributed by atoms with van der Waals surface area (Å²) in [7, 11) is 0. The Bertz CT molecular complexity index is 362. The number of hydrogen-bond donors (Lipinski definition) is 2. The average Bonchev–Trinajstić information content (AvgIpc) is 2.30. The fourth-order valence-electron chi connectivity index (χ4n) is 1.17. The smallest absolute Gasteiger partial charge is 0.243 e. The van der Waals surface area contributed by atoms with E-state index in [9.17, 15) is 4.79 Å². The van der Waals surface area contributed by atoms with E-state index in [1.165, 1.54) is 6.08 Å². The molecule has 1 amide bonds. The maximum Gasteiger partial charge on any atom is 0.243 e. The van der Waals surface area contributed by atoms with E-state index >= 15 is 0 Å². The molecule has 1 aromatic heterocycles. The van der Waals surface area contributed by atoms with Crippen LogP contribution in [0.2, 0.25) is 0 Å². The van der Waals surface area contributed by atoms with E-state index < -0.39 is 0 Å². The highest BCUT2D eigenvalue weighted by Gasteiger charge is 2.11. The molecule has 1 atom stereocenters. The van der Waals surface area contributed by atoms with Gasteiger partial charge in [-0.15, -0.1) is 0 Å². The third-order valence-electron chi connectivity index (χ3n) is 2.02. The van der Waals surface area contributed by atoms with Gasteiger partial charge >= 0.3 is 0 Å². The van der Waals surface area contributed by atoms with Crippen molar-refractivity contribution >= 4 is 5.91 Å². The molecule has 86 valence electrons. The van der Waals surface area contributed by atoms with Gasteiger partial charge in [0, 0.05) is 18.8 Å². The number of amides is 1. The van der Waals surface area contributed by atoms with E-state index in [0.717, 1.165) is 5.56 Å². The Labute approximate surface area is 94.2 Å². The largest absolute Gasteiger partial charge is 0.394 e. The Morgan fingerprint density at radius 2 is 2.25 bits per heavy atom. The van der Waals surface area contributed by atoms with Crippen LogP contribution in [0.3, 0.4) is 0 Å². The Kier molecular flexibility index (Phi) is 4.60. The zero-order valence-electron chi connectivity index (χ0n) is 9.18. The van der Waals surface area contributed by atoms with Crippen LogP contribution in [0.4, 0.5) is 0 Å². The first-order valence-electron chi connectivity index (χ1n) is 4.97. The number of aliphatic hydroxyl groups excluding tert-OH is 1. The number of nitrogens with one attached hydrogen (secondary N) is 1. The van der Waals surface area contributed by atoms with Crippen molar-refractivity contribution in [2.75, 3.05) is 6.61 Å². The summed E-state index contributed by atoms with van der Waals surface area (Å²) in [6.45, 7) is 5.08. The van der Waals surface area contributed by atoms with Crippen LogP contribution in [-0.2, 0) is 11.2 Å². The molecule has 16 heavy (non-hydrogen) atoms. The zero-order valence-corrected chi connectivity index (χ0v) is 9.18. The molecular weight excluding hydrogens is 206 g/mol. The number of aliphatic hydroxyl groups is 1. The summed E-state index contributed by atoms with van der Waals surface area (Å²) in [4.78, 5) is 19.2. The molecule has 1 rings (SSSR count). The van der Waals surface area contributed by atoms with Crippen molar-refractivity contribution in [2.45, 2.75) is 19.4 Å². The van der Waals surface area contributed by atoms with Crippen LogP contribution >= 0.6 is 0 Å². The molecule has 0 fully saturated rings. The second kappa shape index (κ2) is 5.97. The minimum absolute atomic E-state index is 0.156. The van der Waals surface area contributed by atoms with Crippen molar-refractivity contribution in [3.8, 4) is 0 Å². The Morgan fingerprint density at radius 1 is 1.62 bits per heavy atom. The summed E-state index contributed by atoms with van der Waals surface area (Å²) in [6.07, 6.45) is 4.97. The topological polar surface area (TPSA) is 75.1 Å². The van der Waals surface area contributed by atoms with Gasteiger partial charge < -0.3 is 10.4 Å². The van der Waals surface area contributed by atoms with Crippen molar-refractivity contribution < 1.29 is 9.90 Å². The lowest BCUT2D eigenvalue weighted by molar-refractivity contribution is -0.117. The van der Waals surface area contributed by atoms with Gasteiger partial charge in [-0.3, -0.25) is 4.79 Å². The summed E-state index contributed by atoms with van der Waals surface area (Å²) in [5.74, 6) is 0.278. The second-order valence-corrected chi connectivity index (χ2v) is 3.47. The number of carbonyl (C=O) groups is 1. The molecular formula is C11H15N3O2. The number of aromatic nitrogens is 2. The SMILES string of the molecule is C=CC(=O)NC(CO)Cc1ncc(C)cn1. The average molecular weight is 221 g/mol. The first-order chi connectivity index (χ1) is 7.65. The lowest BCUT2D eigenvalue weighted by Crippen LogP contribution is -2.38. The number of carbonyl (C=O) groups excluding carboxylic acids is 1. The maximum atomic E-state index is 11.0. The Morgan fingerprint density at radius 3 is 2.75 bits per heavy atom. The van der Waals surface area contributed by atoms with E-state index in [0.29, 0.717) is 12.2 Å². The number of rotatable bonds is 5. The minimum Gasteiger partial charge on any atom is -0.394 e. The highest BCUT2D eigenvalue weighted by molar-refractivity contribution is 5.87. The number of nitrogens with zero attached hydrogens (tertiary/aromatic N) is 2. The molecule has 0 saturated carbocycles. The lowest BCUT2D eigenvalue weighted by Gasteiger charge is -2.13. The molecule has 0 radical (unpaired) electrons. The first-order valence-corrected chi connectivity index (χ1v) is 4.97. The molecule has 0 aliphatic rings. The van der Waals surface area contributed by atoms with Crippen LogP contribution in [0.5, 0.6) is 0 Å². The predicted octanol–water partition coefficient (Wildman–Crippen LogP) is -0.00938. The summed E-state index contributed by atoms with van der Waals surface area (Å²) in [5.41, 5.74) is 0.972. The van der Waals surface area contributed by atoms with Gasteiger partial charge in [-0.1, -0.05) is 6.58 Å². The van der Waals surface area contributed by atoms with Crippen molar-refractivity contribution in [2.24, 2.45) is 0 Å². The van der Waals surface area contributed by atoms with E-state index in [2.05, 4.69) is 21.9 Å².